The maximum atomic E-state index is 12.7. The molecule has 0 amide bonds. The highest BCUT2D eigenvalue weighted by atomic mass is 31.2. The van der Waals surface area contributed by atoms with E-state index in [1.807, 2.05) is 0 Å². The van der Waals surface area contributed by atoms with Gasteiger partial charge in [0, 0.05) is 12.8 Å². The Bertz CT molecular complexity index is 1210. The summed E-state index contributed by atoms with van der Waals surface area (Å²) in [6, 6.07) is -1.52. The zero-order chi connectivity index (χ0) is 46.3. The van der Waals surface area contributed by atoms with Crippen LogP contribution in [0.5, 0.6) is 0 Å². The van der Waals surface area contributed by atoms with Gasteiger partial charge in [-0.05, 0) is 70.6 Å². The third kappa shape index (κ3) is 46.0. The molecule has 0 heterocycles. The van der Waals surface area contributed by atoms with Crippen molar-refractivity contribution in [1.29, 1.82) is 0 Å². The van der Waals surface area contributed by atoms with Gasteiger partial charge < -0.3 is 25.2 Å². The minimum Gasteiger partial charge on any atom is -0.480 e. The molecule has 12 heteroatoms. The molecule has 0 aromatic rings. The number of unbranched alkanes of at least 4 members (excludes halogenated alkanes) is 28. The minimum absolute atomic E-state index is 0.153. The van der Waals surface area contributed by atoms with Crippen molar-refractivity contribution in [3.8, 4) is 0 Å². The number of phosphoric acid groups is 1. The number of phosphoric ester groups is 1. The van der Waals surface area contributed by atoms with Crippen LogP contribution in [0, 0.1) is 0 Å². The van der Waals surface area contributed by atoms with Gasteiger partial charge in [0.2, 0.25) is 0 Å². The summed E-state index contributed by atoms with van der Waals surface area (Å²) in [6.07, 6.45) is 52.0. The maximum Gasteiger partial charge on any atom is 0.472 e. The lowest BCUT2D eigenvalue weighted by Crippen LogP contribution is -2.34. The third-order valence-corrected chi connectivity index (χ3v) is 12.1. The van der Waals surface area contributed by atoms with Crippen LogP contribution in [0.1, 0.15) is 239 Å². The van der Waals surface area contributed by atoms with E-state index >= 15 is 0 Å². The van der Waals surface area contributed by atoms with Crippen LogP contribution in [0.3, 0.4) is 0 Å². The van der Waals surface area contributed by atoms with E-state index in [1.54, 1.807) is 0 Å². The molecule has 0 fully saturated rings. The van der Waals surface area contributed by atoms with Gasteiger partial charge in [-0.25, -0.2) is 4.57 Å². The maximum absolute atomic E-state index is 12.7. The Balaban J connectivity index is 4.25. The second-order valence-corrected chi connectivity index (χ2v) is 18.8. The highest BCUT2D eigenvalue weighted by Gasteiger charge is 2.28. The first-order chi connectivity index (χ1) is 30.6. The summed E-state index contributed by atoms with van der Waals surface area (Å²) in [6.45, 7) is 2.81. The largest absolute Gasteiger partial charge is 0.480 e. The SMILES string of the molecule is CCCCCC/C=C\C/C=C\CCCCCCCCCC(=O)OC(COC(=O)CCCCCCCCCCC/C=C\CCCCCCCCCC)COP(=O)(O)OCC(N)C(=O)O. The Kier molecular flexibility index (Phi) is 44.5. The van der Waals surface area contributed by atoms with E-state index in [4.69, 9.17) is 24.8 Å². The number of aliphatic carboxylic acids is 1. The zero-order valence-electron chi connectivity index (χ0n) is 40.2. The number of carboxylic acids is 1. The molecule has 0 spiro atoms. The Labute approximate surface area is 384 Å². The van der Waals surface area contributed by atoms with Crippen LogP contribution < -0.4 is 5.73 Å². The molecular formula is C51H94NO10P. The summed E-state index contributed by atoms with van der Waals surface area (Å²) in [5.41, 5.74) is 5.35. The number of hydrogen-bond acceptors (Lipinski definition) is 9. The van der Waals surface area contributed by atoms with Crippen LogP contribution in [0.2, 0.25) is 0 Å². The second-order valence-electron chi connectivity index (χ2n) is 17.3. The van der Waals surface area contributed by atoms with E-state index in [9.17, 15) is 23.8 Å². The lowest BCUT2D eigenvalue weighted by molar-refractivity contribution is -0.161. The van der Waals surface area contributed by atoms with Gasteiger partial charge in [-0.1, -0.05) is 192 Å². The molecule has 0 aliphatic carbocycles. The first kappa shape index (κ1) is 60.7. The fourth-order valence-corrected chi connectivity index (χ4v) is 7.87. The molecule has 11 nitrogen and oxygen atoms in total. The summed E-state index contributed by atoms with van der Waals surface area (Å²) in [5.74, 6) is -2.38. The normalized spacial score (nSPS) is 13.8. The van der Waals surface area contributed by atoms with Gasteiger partial charge in [-0.15, -0.1) is 0 Å². The summed E-state index contributed by atoms with van der Waals surface area (Å²) >= 11 is 0. The number of esters is 2. The molecule has 3 atom stereocenters. The Morgan fingerprint density at radius 1 is 0.492 bits per heavy atom. The smallest absolute Gasteiger partial charge is 0.472 e. The van der Waals surface area contributed by atoms with Gasteiger partial charge in [0.25, 0.3) is 0 Å². The van der Waals surface area contributed by atoms with Crippen LogP contribution in [0.15, 0.2) is 36.5 Å². The fraction of sp³-hybridized carbons (Fsp3) is 0.824. The summed E-state index contributed by atoms with van der Waals surface area (Å²) < 4.78 is 32.8. The summed E-state index contributed by atoms with van der Waals surface area (Å²) in [4.78, 5) is 46.2. The van der Waals surface area contributed by atoms with Crippen LogP contribution in [0.4, 0.5) is 0 Å². The van der Waals surface area contributed by atoms with E-state index in [2.05, 4.69) is 54.8 Å². The standard InChI is InChI=1S/C51H94NO10P/c1-3-5-7-9-11-13-15-17-19-21-23-24-25-27-28-30-32-34-36-38-40-42-49(53)59-44-47(45-60-63(57,58)61-46-48(52)51(55)56)62-50(54)43-41-39-37-35-33-31-29-26-22-20-18-16-14-12-10-8-6-4-2/h14,16,20-23,47-48H,3-13,15,17-19,24-46,52H2,1-2H3,(H,55,56)(H,57,58)/b16-14-,22-20-,23-21-. The van der Waals surface area contributed by atoms with E-state index in [0.717, 1.165) is 57.8 Å². The highest BCUT2D eigenvalue weighted by molar-refractivity contribution is 7.47. The molecule has 63 heavy (non-hydrogen) atoms. The molecule has 0 radical (unpaired) electrons. The molecule has 0 aliphatic heterocycles. The minimum atomic E-state index is -4.72. The average Bonchev–Trinajstić information content (AvgIpc) is 3.26. The van der Waals surface area contributed by atoms with Gasteiger partial charge in [-0.2, -0.15) is 0 Å². The van der Waals surface area contributed by atoms with Gasteiger partial charge in [-0.3, -0.25) is 23.4 Å². The Morgan fingerprint density at radius 3 is 1.27 bits per heavy atom. The number of carboxylic acid groups (broad SMARTS) is 1. The number of ether oxygens (including phenoxy) is 2. The molecule has 368 valence electrons. The second kappa shape index (κ2) is 46.2. The number of rotatable bonds is 48. The molecule has 4 N–H and O–H groups in total. The van der Waals surface area contributed by atoms with E-state index in [0.29, 0.717) is 12.8 Å². The number of carbonyl (C=O) groups is 3. The number of allylic oxidation sites excluding steroid dienone is 6. The van der Waals surface area contributed by atoms with Crippen molar-refractivity contribution >= 4 is 25.7 Å². The molecule has 0 aromatic heterocycles. The fourth-order valence-electron chi connectivity index (χ4n) is 7.09. The molecule has 0 bridgehead atoms. The predicted molar refractivity (Wildman–Crippen MR) is 259 cm³/mol. The predicted octanol–water partition coefficient (Wildman–Crippen LogP) is 14.3. The molecule has 0 aromatic carbocycles. The van der Waals surface area contributed by atoms with Gasteiger partial charge in [0.1, 0.15) is 12.6 Å². The molecule has 0 saturated carbocycles. The van der Waals surface area contributed by atoms with Crippen molar-refractivity contribution in [2.75, 3.05) is 19.8 Å². The van der Waals surface area contributed by atoms with Crippen molar-refractivity contribution in [3.63, 3.8) is 0 Å². The van der Waals surface area contributed by atoms with Crippen LogP contribution in [0.25, 0.3) is 0 Å². The van der Waals surface area contributed by atoms with Crippen LogP contribution in [-0.2, 0) is 37.5 Å². The lowest BCUT2D eigenvalue weighted by atomic mass is 10.1. The number of nitrogens with two attached hydrogens (primary N) is 1. The summed E-state index contributed by atoms with van der Waals surface area (Å²) in [7, 11) is -4.72. The van der Waals surface area contributed by atoms with E-state index in [-0.39, 0.29) is 19.4 Å². The lowest BCUT2D eigenvalue weighted by Gasteiger charge is -2.20. The third-order valence-electron chi connectivity index (χ3n) is 11.1. The number of carbonyl (C=O) groups excluding carboxylic acids is 2. The first-order valence-corrected chi connectivity index (χ1v) is 27.0. The molecular weight excluding hydrogens is 818 g/mol. The van der Waals surface area contributed by atoms with Gasteiger partial charge in [0.15, 0.2) is 6.10 Å². The quantitative estimate of drug-likeness (QED) is 0.0230. The van der Waals surface area contributed by atoms with Crippen molar-refractivity contribution < 1.29 is 47.5 Å². The van der Waals surface area contributed by atoms with Crippen molar-refractivity contribution in [3.05, 3.63) is 36.5 Å². The van der Waals surface area contributed by atoms with Crippen molar-refractivity contribution in [2.24, 2.45) is 5.73 Å². The van der Waals surface area contributed by atoms with Crippen molar-refractivity contribution in [1.82, 2.24) is 0 Å². The number of hydrogen-bond donors (Lipinski definition) is 3. The molecule has 0 saturated heterocycles. The zero-order valence-corrected chi connectivity index (χ0v) is 41.1. The topological polar surface area (TPSA) is 172 Å². The molecule has 0 rings (SSSR count). The molecule has 3 unspecified atom stereocenters. The first-order valence-electron chi connectivity index (χ1n) is 25.5. The van der Waals surface area contributed by atoms with E-state index in [1.165, 1.54) is 141 Å². The van der Waals surface area contributed by atoms with Crippen LogP contribution in [-0.4, -0.2) is 59.9 Å². The Morgan fingerprint density at radius 2 is 0.841 bits per heavy atom. The summed E-state index contributed by atoms with van der Waals surface area (Å²) in [5, 5.41) is 8.92. The Hall–Kier alpha value is -2.30. The highest BCUT2D eigenvalue weighted by Crippen LogP contribution is 2.43. The molecule has 0 aliphatic rings. The van der Waals surface area contributed by atoms with Crippen LogP contribution >= 0.6 is 7.82 Å². The van der Waals surface area contributed by atoms with Gasteiger partial charge in [0.05, 0.1) is 13.2 Å². The monoisotopic (exact) mass is 912 g/mol. The van der Waals surface area contributed by atoms with Gasteiger partial charge >= 0.3 is 25.7 Å². The van der Waals surface area contributed by atoms with Crippen molar-refractivity contribution in [2.45, 2.75) is 251 Å². The van der Waals surface area contributed by atoms with E-state index < -0.39 is 51.1 Å². The average molecular weight is 912 g/mol.